The smallest absolute Gasteiger partial charge is 0.357 e. The molecule has 34 nitrogen and oxygen atoms in total. The van der Waals surface area contributed by atoms with Crippen molar-refractivity contribution in [1.82, 2.24) is 24.5 Å². The van der Waals surface area contributed by atoms with Gasteiger partial charge in [-0.05, 0) is 127 Å². The first-order chi connectivity index (χ1) is 64.9. The number of aliphatic hydroxyl groups is 8. The first-order valence-electron chi connectivity index (χ1n) is 44.8. The molecule has 5 unspecified atom stereocenters. The van der Waals surface area contributed by atoms with Gasteiger partial charge in [0.05, 0.1) is 139 Å². The third-order valence-corrected chi connectivity index (χ3v) is 22.3. The lowest BCUT2D eigenvalue weighted by atomic mass is 9.86. The van der Waals surface area contributed by atoms with Gasteiger partial charge in [-0.15, -0.1) is 0 Å². The van der Waals surface area contributed by atoms with Crippen LogP contribution in [0.1, 0.15) is 257 Å². The Morgan fingerprint density at radius 2 is 0.711 bits per heavy atom. The number of methoxy groups -OCH3 is 4. The molecule has 8 N–H and O–H groups in total. The fourth-order valence-corrected chi connectivity index (χ4v) is 14.1. The topological polar surface area (TPSA) is 475 Å². The van der Waals surface area contributed by atoms with Crippen LogP contribution in [-0.2, 0) is 146 Å². The molecule has 11 rings (SSSR count). The number of esters is 5. The van der Waals surface area contributed by atoms with Crippen molar-refractivity contribution in [2.24, 2.45) is 0 Å². The molecule has 0 saturated heterocycles. The van der Waals surface area contributed by atoms with E-state index in [1.165, 1.54) is 63.3 Å². The fourth-order valence-electron chi connectivity index (χ4n) is 14.1. The number of hydrogen-bond donors (Lipinski definition) is 8. The number of pyridine rings is 5. The second kappa shape index (κ2) is 54.4. The Morgan fingerprint density at radius 1 is 0.422 bits per heavy atom. The van der Waals surface area contributed by atoms with Crippen LogP contribution in [0, 0.1) is 0 Å². The molecule has 9 aromatic rings. The summed E-state index contributed by atoms with van der Waals surface area (Å²) in [6, 6.07) is 45.7. The molecule has 7 heterocycles. The molecule has 0 aliphatic carbocycles. The van der Waals surface area contributed by atoms with E-state index in [0.717, 1.165) is 22.3 Å². The summed E-state index contributed by atoms with van der Waals surface area (Å²) in [6.07, 6.45) is 4.30. The lowest BCUT2D eigenvalue weighted by molar-refractivity contribution is -0.172. The molecule has 0 saturated carbocycles. The molecule has 0 fully saturated rings. The number of Topliss-reactive ketones (excluding diaryl/α,β-unsaturated/α-hetero) is 1. The molecule has 2 aliphatic heterocycles. The van der Waals surface area contributed by atoms with Crippen LogP contribution in [0.3, 0.4) is 0 Å². The molecule has 0 spiro atoms. The van der Waals surface area contributed by atoms with Crippen LogP contribution in [0.15, 0.2) is 156 Å². The molecule has 0 bridgehead atoms. The summed E-state index contributed by atoms with van der Waals surface area (Å²) >= 11 is 0. The van der Waals surface area contributed by atoms with Gasteiger partial charge in [-0.25, -0.2) is 43.9 Å². The van der Waals surface area contributed by atoms with Gasteiger partial charge in [-0.2, -0.15) is 0 Å². The SMILES string of the molecule is CCC1(O)C(=O)OCc2c1cc1n(c2=O)CCC1=O.CCCOC(=O)c1cc(C(O)(C=O)CC)c(COCc2ccccc2)c(OC)n1.CCCOC(=O)c1cc(C(O)(CC)CO)c(COCc2ccccc2)c(OC)n1.CCCOC(=O)c1cc(C(O)(CC)CO)c(COCc2ccccc2)c(OC)n1.CCCOC(=O)c1cc(C(O)(CC)CO)c(COCc2ccccc2)c(OC)n1. The highest BCUT2D eigenvalue weighted by Crippen LogP contribution is 2.40. The lowest BCUT2D eigenvalue weighted by Gasteiger charge is -2.31. The molecule has 135 heavy (non-hydrogen) atoms. The number of hydrogen-bond acceptors (Lipinski definition) is 33. The van der Waals surface area contributed by atoms with Gasteiger partial charge in [0.25, 0.3) is 5.56 Å². The number of ether oxygens (including phenoxy) is 13. The maximum Gasteiger partial charge on any atom is 0.357 e. The largest absolute Gasteiger partial charge is 0.481 e. The summed E-state index contributed by atoms with van der Waals surface area (Å²) < 4.78 is 71.6. The molecule has 34 heteroatoms. The van der Waals surface area contributed by atoms with Crippen molar-refractivity contribution in [3.05, 3.63) is 268 Å². The monoisotopic (exact) mass is 1870 g/mol. The van der Waals surface area contributed by atoms with Crippen molar-refractivity contribution in [3.63, 3.8) is 0 Å². The summed E-state index contributed by atoms with van der Waals surface area (Å²) in [6.45, 7) is 17.4. The number of fused-ring (bicyclic) bond motifs is 2. The standard InChI is InChI=1S/3C22H29NO6.C22H27NO6.C13H13NO5/c4*1-4-11-29-21(25)19-12-18(22(26,5-2)15-24)17(20(23-19)27-3)14-28-13-16-9-7-6-8-10-16;1-2-13(18)8-5-9-10(15)3-4-14(9)11(16)7(8)6-19-12(13)17/h3*6-10,12,24,26H,4-5,11,13-15H2,1-3H3;6-10,12,15,26H,4-5,11,13-14H2,1-3H3;5,18H,2-4,6H2,1H3. The number of carbonyl (C=O) groups excluding carboxylic acids is 7. The first kappa shape index (κ1) is 110. The van der Waals surface area contributed by atoms with Gasteiger partial charge in [0.15, 0.2) is 40.4 Å². The number of carbonyl (C=O) groups is 7. The Morgan fingerprint density at radius 3 is 0.963 bits per heavy atom. The molecule has 0 radical (unpaired) electrons. The van der Waals surface area contributed by atoms with Crippen molar-refractivity contribution < 1.29 is 136 Å². The summed E-state index contributed by atoms with van der Waals surface area (Å²) in [7, 11) is 5.69. The van der Waals surface area contributed by atoms with Crippen LogP contribution in [0.25, 0.3) is 0 Å². The summed E-state index contributed by atoms with van der Waals surface area (Å²) in [5.74, 6) is -2.83. The molecule has 0 amide bonds. The lowest BCUT2D eigenvalue weighted by Crippen LogP contribution is -2.44. The Kier molecular flexibility index (Phi) is 44.3. The minimum Gasteiger partial charge on any atom is -0.481 e. The number of nitrogens with zero attached hydrogens (tertiary/aromatic N) is 5. The van der Waals surface area contributed by atoms with Gasteiger partial charge in [0, 0.05) is 46.3 Å². The molecule has 4 aromatic carbocycles. The van der Waals surface area contributed by atoms with Crippen LogP contribution in [-0.4, -0.2) is 182 Å². The highest BCUT2D eigenvalue weighted by Gasteiger charge is 2.46. The van der Waals surface area contributed by atoms with Crippen LogP contribution < -0.4 is 24.5 Å². The van der Waals surface area contributed by atoms with E-state index in [4.69, 9.17) is 61.6 Å². The van der Waals surface area contributed by atoms with Gasteiger partial charge in [-0.3, -0.25) is 14.4 Å². The Labute approximate surface area is 785 Å². The van der Waals surface area contributed by atoms with Gasteiger partial charge >= 0.3 is 29.8 Å². The zero-order chi connectivity index (χ0) is 98.9. The van der Waals surface area contributed by atoms with Crippen LogP contribution in [0.5, 0.6) is 23.5 Å². The van der Waals surface area contributed by atoms with Gasteiger partial charge in [0.1, 0.15) is 29.0 Å². The Bertz CT molecular complexity index is 5060. The van der Waals surface area contributed by atoms with E-state index in [0.29, 0.717) is 104 Å². The third kappa shape index (κ3) is 29.2. The quantitative estimate of drug-likeness (QED) is 0.00998. The number of aldehydes is 1. The summed E-state index contributed by atoms with van der Waals surface area (Å²) in [5.41, 5.74) is -0.888. The number of aromatic nitrogens is 5. The van der Waals surface area contributed by atoms with E-state index < -0.39 is 77.7 Å². The average molecular weight is 1880 g/mol. The number of ketones is 1. The summed E-state index contributed by atoms with van der Waals surface area (Å²) in [4.78, 5) is 114. The van der Waals surface area contributed by atoms with Crippen molar-refractivity contribution >= 4 is 41.9 Å². The van der Waals surface area contributed by atoms with Crippen molar-refractivity contribution in [2.45, 2.75) is 221 Å². The van der Waals surface area contributed by atoms with E-state index in [1.54, 1.807) is 34.6 Å². The highest BCUT2D eigenvalue weighted by atomic mass is 16.6. The maximum atomic E-state index is 12.3. The Balaban J connectivity index is 0.000000231. The van der Waals surface area contributed by atoms with Crippen molar-refractivity contribution in [1.29, 1.82) is 0 Å². The minimum absolute atomic E-state index is 0.0115. The van der Waals surface area contributed by atoms with E-state index in [9.17, 15) is 79.2 Å². The van der Waals surface area contributed by atoms with Crippen LogP contribution in [0.2, 0.25) is 0 Å². The number of aliphatic hydroxyl groups excluding tert-OH is 3. The normalized spacial score (nSPS) is 14.6. The van der Waals surface area contributed by atoms with E-state index in [-0.39, 0.29) is 178 Å². The highest BCUT2D eigenvalue weighted by molar-refractivity contribution is 5.97. The van der Waals surface area contributed by atoms with Crippen LogP contribution >= 0.6 is 0 Å². The van der Waals surface area contributed by atoms with Gasteiger partial charge < -0.3 is 107 Å². The number of rotatable bonds is 45. The molecule has 5 atom stereocenters. The second-order valence-electron chi connectivity index (χ2n) is 31.5. The average Bonchev–Trinajstić information content (AvgIpc) is 1.70. The zero-order valence-electron chi connectivity index (χ0n) is 79.0. The van der Waals surface area contributed by atoms with Crippen molar-refractivity contribution in [2.75, 3.05) is 74.7 Å². The fraction of sp³-hybridized carbons (Fsp3) is 0.446. The third-order valence-electron chi connectivity index (χ3n) is 22.3. The molecule has 2 aliphatic rings. The molecule has 730 valence electrons. The van der Waals surface area contributed by atoms with Gasteiger partial charge in [0.2, 0.25) is 23.5 Å². The molecular weight excluding hydrogens is 1750 g/mol. The van der Waals surface area contributed by atoms with E-state index in [2.05, 4.69) is 19.9 Å². The number of cyclic esters (lactones) is 1. The van der Waals surface area contributed by atoms with E-state index >= 15 is 0 Å². The molecule has 5 aromatic heterocycles. The van der Waals surface area contributed by atoms with Crippen molar-refractivity contribution in [3.8, 4) is 23.5 Å². The number of benzene rings is 4. The van der Waals surface area contributed by atoms with Crippen LogP contribution in [0.4, 0.5) is 0 Å². The van der Waals surface area contributed by atoms with E-state index in [1.807, 2.05) is 149 Å². The summed E-state index contributed by atoms with van der Waals surface area (Å²) in [5, 5.41) is 83.6. The maximum absolute atomic E-state index is 12.3. The molecular formula is C101H127N5O29. The van der Waals surface area contributed by atoms with Gasteiger partial charge in [-0.1, -0.05) is 184 Å². The second-order valence-corrected chi connectivity index (χ2v) is 31.5. The minimum atomic E-state index is -1.83. The first-order valence-corrected chi connectivity index (χ1v) is 44.8. The predicted octanol–water partition coefficient (Wildman–Crippen LogP) is 12.2. The Hall–Kier alpha value is -12.2. The predicted molar refractivity (Wildman–Crippen MR) is 493 cm³/mol. The zero-order valence-corrected chi connectivity index (χ0v) is 79.0.